The maximum absolute atomic E-state index is 11.1. The lowest BCUT2D eigenvalue weighted by Gasteiger charge is -1.89. The number of rotatable bonds is 2. The van der Waals surface area contributed by atoms with Crippen LogP contribution in [0.25, 0.3) is 22.2 Å². The van der Waals surface area contributed by atoms with Gasteiger partial charge in [-0.1, -0.05) is 18.2 Å². The zero-order chi connectivity index (χ0) is 12.4. The smallest absolute Gasteiger partial charge is 0.251 e. The molecule has 4 heteroatoms. The molecule has 1 N–H and O–H groups in total. The first-order chi connectivity index (χ1) is 8.81. The molecule has 0 fully saturated rings. The Morgan fingerprint density at radius 1 is 1.17 bits per heavy atom. The molecule has 2 aromatic heterocycles. The number of hydrogen-bond donors (Lipinski definition) is 1. The zero-order valence-electron chi connectivity index (χ0n) is 9.46. The number of thiophene rings is 1. The van der Waals surface area contributed by atoms with Crippen molar-refractivity contribution in [3.05, 3.63) is 63.7 Å². The van der Waals surface area contributed by atoms with Crippen LogP contribution in [0, 0.1) is 0 Å². The molecule has 0 atom stereocenters. The minimum Gasteiger partial charge on any atom is -0.307 e. The predicted molar refractivity (Wildman–Crippen MR) is 75.6 cm³/mol. The highest BCUT2D eigenvalue weighted by molar-refractivity contribution is 7.19. The highest BCUT2D eigenvalue weighted by atomic mass is 32.1. The quantitative estimate of drug-likeness (QED) is 0.763. The number of aromatic amines is 1. The number of aromatic nitrogens is 2. The highest BCUT2D eigenvalue weighted by Gasteiger charge is 1.97. The third-order valence-electron chi connectivity index (χ3n) is 2.54. The summed E-state index contributed by atoms with van der Waals surface area (Å²) in [6, 6.07) is 11.8. The van der Waals surface area contributed by atoms with Gasteiger partial charge in [0.1, 0.15) is 5.82 Å². The third kappa shape index (κ3) is 2.24. The minimum atomic E-state index is -0.138. The van der Waals surface area contributed by atoms with Gasteiger partial charge in [-0.25, -0.2) is 4.98 Å². The van der Waals surface area contributed by atoms with Crippen LogP contribution in [0.4, 0.5) is 0 Å². The molecule has 0 aliphatic rings. The Kier molecular flexibility index (Phi) is 2.78. The molecule has 3 nitrogen and oxygen atoms in total. The first-order valence-corrected chi connectivity index (χ1v) is 6.35. The fourth-order valence-electron chi connectivity index (χ4n) is 1.72. The Labute approximate surface area is 107 Å². The Hall–Kier alpha value is -2.20. The summed E-state index contributed by atoms with van der Waals surface area (Å²) >= 11 is 1.71. The molecular weight excluding hydrogens is 244 g/mol. The van der Waals surface area contributed by atoms with Crippen LogP contribution < -0.4 is 5.56 Å². The van der Waals surface area contributed by atoms with E-state index in [1.54, 1.807) is 11.3 Å². The first kappa shape index (κ1) is 10.9. The van der Waals surface area contributed by atoms with Crippen LogP contribution >= 0.6 is 11.3 Å². The summed E-state index contributed by atoms with van der Waals surface area (Å²) in [4.78, 5) is 19.0. The van der Waals surface area contributed by atoms with E-state index in [4.69, 9.17) is 0 Å². The molecular formula is C14H10N2OS. The van der Waals surface area contributed by atoms with E-state index < -0.39 is 0 Å². The number of benzene rings is 1. The maximum atomic E-state index is 11.1. The van der Waals surface area contributed by atoms with Crippen LogP contribution in [0.15, 0.2) is 47.4 Å². The van der Waals surface area contributed by atoms with E-state index in [1.807, 2.05) is 24.3 Å². The molecule has 3 aromatic rings. The average Bonchev–Trinajstić information content (AvgIpc) is 2.79. The van der Waals surface area contributed by atoms with Crippen molar-refractivity contribution >= 4 is 33.6 Å². The van der Waals surface area contributed by atoms with Gasteiger partial charge in [-0.05, 0) is 29.7 Å². The minimum absolute atomic E-state index is 0.138. The van der Waals surface area contributed by atoms with Crippen LogP contribution in [0.1, 0.15) is 10.7 Å². The summed E-state index contributed by atoms with van der Waals surface area (Å²) in [6.07, 6.45) is 5.28. The Balaban J connectivity index is 1.94. The predicted octanol–water partition coefficient (Wildman–Crippen LogP) is 3.16. The number of nitrogens with one attached hydrogen (secondary N) is 1. The van der Waals surface area contributed by atoms with Crippen LogP contribution in [0.2, 0.25) is 0 Å². The van der Waals surface area contributed by atoms with Crippen molar-refractivity contribution in [2.24, 2.45) is 0 Å². The summed E-state index contributed by atoms with van der Waals surface area (Å²) in [7, 11) is 0. The molecule has 0 aliphatic heterocycles. The summed E-state index contributed by atoms with van der Waals surface area (Å²) in [5.74, 6) is 0.569. The molecule has 88 valence electrons. The number of H-pyrrole nitrogens is 1. The molecule has 0 bridgehead atoms. The lowest BCUT2D eigenvalue weighted by atomic mass is 10.2. The lowest BCUT2D eigenvalue weighted by molar-refractivity contribution is 1.09. The second-order valence-corrected chi connectivity index (χ2v) is 4.95. The summed E-state index contributed by atoms with van der Waals surface area (Å²) < 4.78 is 1.26. The average molecular weight is 254 g/mol. The number of fused-ring (bicyclic) bond motifs is 1. The molecule has 0 radical (unpaired) electrons. The Morgan fingerprint density at radius 3 is 2.89 bits per heavy atom. The molecule has 0 saturated carbocycles. The number of hydrogen-bond acceptors (Lipinski definition) is 3. The second kappa shape index (κ2) is 4.58. The largest absolute Gasteiger partial charge is 0.307 e. The van der Waals surface area contributed by atoms with Gasteiger partial charge in [0.25, 0.3) is 5.56 Å². The van der Waals surface area contributed by atoms with Gasteiger partial charge in [0.05, 0.1) is 0 Å². The fraction of sp³-hybridized carbons (Fsp3) is 0. The summed E-state index contributed by atoms with van der Waals surface area (Å²) in [6.45, 7) is 0. The summed E-state index contributed by atoms with van der Waals surface area (Å²) in [5, 5.41) is 1.23. The topological polar surface area (TPSA) is 45.8 Å². The molecule has 0 amide bonds. The monoisotopic (exact) mass is 254 g/mol. The van der Waals surface area contributed by atoms with Crippen LogP contribution in [0.3, 0.4) is 0 Å². The van der Waals surface area contributed by atoms with E-state index >= 15 is 0 Å². The van der Waals surface area contributed by atoms with Crippen molar-refractivity contribution < 1.29 is 0 Å². The normalized spacial score (nSPS) is 11.3. The fourth-order valence-corrected chi connectivity index (χ4v) is 2.68. The van der Waals surface area contributed by atoms with Crippen molar-refractivity contribution in [3.63, 3.8) is 0 Å². The SMILES string of the molecule is O=c1ccnc(C=Cc2cc3ccccc3s2)[nH]1. The van der Waals surface area contributed by atoms with Gasteiger partial charge in [-0.2, -0.15) is 0 Å². The Morgan fingerprint density at radius 2 is 2.06 bits per heavy atom. The van der Waals surface area contributed by atoms with Gasteiger partial charge in [0, 0.05) is 21.8 Å². The lowest BCUT2D eigenvalue weighted by Crippen LogP contribution is -2.05. The van der Waals surface area contributed by atoms with E-state index in [1.165, 1.54) is 22.3 Å². The third-order valence-corrected chi connectivity index (χ3v) is 3.62. The van der Waals surface area contributed by atoms with Gasteiger partial charge in [-0.15, -0.1) is 11.3 Å². The van der Waals surface area contributed by atoms with Crippen LogP contribution in [-0.2, 0) is 0 Å². The Bertz CT molecular complexity index is 737. The van der Waals surface area contributed by atoms with Crippen LogP contribution in [-0.4, -0.2) is 9.97 Å². The molecule has 18 heavy (non-hydrogen) atoms. The summed E-state index contributed by atoms with van der Waals surface area (Å²) in [5.41, 5.74) is -0.138. The van der Waals surface area contributed by atoms with Gasteiger partial charge in [0.15, 0.2) is 0 Å². The van der Waals surface area contributed by atoms with Gasteiger partial charge in [0.2, 0.25) is 0 Å². The van der Waals surface area contributed by atoms with Gasteiger partial charge in [-0.3, -0.25) is 4.79 Å². The molecule has 2 heterocycles. The van der Waals surface area contributed by atoms with E-state index in [-0.39, 0.29) is 5.56 Å². The van der Waals surface area contributed by atoms with Gasteiger partial charge >= 0.3 is 0 Å². The van der Waals surface area contributed by atoms with E-state index in [9.17, 15) is 4.79 Å². The van der Waals surface area contributed by atoms with Gasteiger partial charge < -0.3 is 4.98 Å². The molecule has 1 aromatic carbocycles. The van der Waals surface area contributed by atoms with E-state index in [2.05, 4.69) is 28.2 Å². The maximum Gasteiger partial charge on any atom is 0.251 e. The van der Waals surface area contributed by atoms with Crippen molar-refractivity contribution in [1.82, 2.24) is 9.97 Å². The molecule has 0 aliphatic carbocycles. The molecule has 0 unspecified atom stereocenters. The van der Waals surface area contributed by atoms with Crippen LogP contribution in [0.5, 0.6) is 0 Å². The highest BCUT2D eigenvalue weighted by Crippen LogP contribution is 2.26. The van der Waals surface area contributed by atoms with Crippen molar-refractivity contribution in [1.29, 1.82) is 0 Å². The second-order valence-electron chi connectivity index (χ2n) is 3.84. The van der Waals surface area contributed by atoms with Crippen molar-refractivity contribution in [2.45, 2.75) is 0 Å². The van der Waals surface area contributed by atoms with Crippen molar-refractivity contribution in [3.8, 4) is 0 Å². The standard InChI is InChI=1S/C14H10N2OS/c17-14-7-8-15-13(16-14)6-5-11-9-10-3-1-2-4-12(10)18-11/h1-9H,(H,15,16,17). The van der Waals surface area contributed by atoms with E-state index in [0.29, 0.717) is 5.82 Å². The molecule has 0 saturated heterocycles. The molecule has 0 spiro atoms. The first-order valence-electron chi connectivity index (χ1n) is 5.53. The van der Waals surface area contributed by atoms with Crippen molar-refractivity contribution in [2.75, 3.05) is 0 Å². The number of nitrogens with zero attached hydrogens (tertiary/aromatic N) is 1. The molecule has 3 rings (SSSR count). The zero-order valence-corrected chi connectivity index (χ0v) is 10.3. The van der Waals surface area contributed by atoms with E-state index in [0.717, 1.165) is 4.88 Å².